The maximum absolute atomic E-state index is 5.86. The lowest BCUT2D eigenvalue weighted by Gasteiger charge is -2.32. The molecule has 1 saturated heterocycles. The highest BCUT2D eigenvalue weighted by molar-refractivity contribution is 4.75. The molecule has 1 aliphatic carbocycles. The minimum atomic E-state index is 0.522. The van der Waals surface area contributed by atoms with E-state index >= 15 is 0 Å². The monoisotopic (exact) mass is 155 g/mol. The van der Waals surface area contributed by atoms with Crippen molar-refractivity contribution in [3.8, 4) is 0 Å². The first kappa shape index (κ1) is 7.56. The van der Waals surface area contributed by atoms with Gasteiger partial charge in [-0.2, -0.15) is 0 Å². The summed E-state index contributed by atoms with van der Waals surface area (Å²) in [6, 6.07) is 0. The first-order valence-corrected chi connectivity index (χ1v) is 4.81. The third-order valence-electron chi connectivity index (χ3n) is 2.69. The minimum absolute atomic E-state index is 0.522. The second-order valence-corrected chi connectivity index (χ2v) is 3.66. The Bertz CT molecular complexity index is 117. The summed E-state index contributed by atoms with van der Waals surface area (Å²) >= 11 is 0. The van der Waals surface area contributed by atoms with Crippen LogP contribution in [0.25, 0.3) is 0 Å². The molecule has 1 N–H and O–H groups in total. The molecule has 2 rings (SSSR count). The molecule has 0 amide bonds. The number of ether oxygens (including phenoxy) is 1. The molecule has 0 spiro atoms. The van der Waals surface area contributed by atoms with Gasteiger partial charge in [0.15, 0.2) is 0 Å². The van der Waals surface area contributed by atoms with E-state index < -0.39 is 0 Å². The van der Waals surface area contributed by atoms with E-state index in [0.717, 1.165) is 6.54 Å². The molecule has 0 aromatic carbocycles. The zero-order valence-corrected chi connectivity index (χ0v) is 7.01. The van der Waals surface area contributed by atoms with Gasteiger partial charge in [-0.15, -0.1) is 0 Å². The van der Waals surface area contributed by atoms with Gasteiger partial charge < -0.3 is 10.1 Å². The van der Waals surface area contributed by atoms with Crippen LogP contribution < -0.4 is 5.32 Å². The summed E-state index contributed by atoms with van der Waals surface area (Å²) in [7, 11) is 0. The molecule has 2 nitrogen and oxygen atoms in total. The molecule has 1 saturated carbocycles. The van der Waals surface area contributed by atoms with Crippen LogP contribution in [-0.4, -0.2) is 25.3 Å². The Balaban J connectivity index is 1.67. The molecule has 1 heterocycles. The van der Waals surface area contributed by atoms with Crippen LogP contribution in [0, 0.1) is 0 Å². The lowest BCUT2D eigenvalue weighted by Crippen LogP contribution is -2.39. The number of piperidine rings is 1. The molecule has 0 bridgehead atoms. The molecule has 64 valence electrons. The molecular formula is C9H17NO. The second kappa shape index (κ2) is 3.55. The van der Waals surface area contributed by atoms with Gasteiger partial charge >= 0.3 is 0 Å². The van der Waals surface area contributed by atoms with Crippen LogP contribution in [0.5, 0.6) is 0 Å². The highest BCUT2D eigenvalue weighted by Crippen LogP contribution is 2.24. The van der Waals surface area contributed by atoms with Crippen molar-refractivity contribution in [1.29, 1.82) is 0 Å². The fraction of sp³-hybridized carbons (Fsp3) is 1.00. The smallest absolute Gasteiger partial charge is 0.0703 e. The van der Waals surface area contributed by atoms with E-state index in [1.54, 1.807) is 0 Å². The molecule has 2 heteroatoms. The van der Waals surface area contributed by atoms with Gasteiger partial charge in [0, 0.05) is 6.54 Å². The van der Waals surface area contributed by atoms with Crippen molar-refractivity contribution in [3.05, 3.63) is 0 Å². The van der Waals surface area contributed by atoms with Crippen molar-refractivity contribution < 1.29 is 4.74 Å². The van der Waals surface area contributed by atoms with E-state index in [4.69, 9.17) is 4.74 Å². The van der Waals surface area contributed by atoms with Crippen LogP contribution in [0.2, 0.25) is 0 Å². The van der Waals surface area contributed by atoms with Crippen molar-refractivity contribution >= 4 is 0 Å². The number of hydrogen-bond acceptors (Lipinski definition) is 2. The second-order valence-electron chi connectivity index (χ2n) is 3.66. The maximum Gasteiger partial charge on any atom is 0.0703 e. The summed E-state index contributed by atoms with van der Waals surface area (Å²) in [5.41, 5.74) is 0. The van der Waals surface area contributed by atoms with Crippen molar-refractivity contribution in [2.24, 2.45) is 0 Å². The standard InChI is InChI=1S/C9H17NO/c1-3-8(4-1)11-9-5-2-6-10-7-9/h8-10H,1-7H2. The van der Waals surface area contributed by atoms with Gasteiger partial charge in [-0.05, 0) is 38.6 Å². The summed E-state index contributed by atoms with van der Waals surface area (Å²) in [4.78, 5) is 0. The number of rotatable bonds is 2. The summed E-state index contributed by atoms with van der Waals surface area (Å²) < 4.78 is 5.86. The first-order valence-electron chi connectivity index (χ1n) is 4.81. The third kappa shape index (κ3) is 1.94. The Morgan fingerprint density at radius 1 is 1.00 bits per heavy atom. The normalized spacial score (nSPS) is 33.3. The first-order chi connectivity index (χ1) is 5.45. The number of hydrogen-bond donors (Lipinski definition) is 1. The van der Waals surface area contributed by atoms with E-state index in [9.17, 15) is 0 Å². The lowest BCUT2D eigenvalue weighted by atomic mass is 9.95. The summed E-state index contributed by atoms with van der Waals surface area (Å²) in [6.45, 7) is 2.26. The summed E-state index contributed by atoms with van der Waals surface area (Å²) in [6.07, 6.45) is 7.67. The van der Waals surface area contributed by atoms with Crippen molar-refractivity contribution in [1.82, 2.24) is 5.32 Å². The molecule has 1 aliphatic heterocycles. The zero-order valence-electron chi connectivity index (χ0n) is 7.01. The van der Waals surface area contributed by atoms with E-state index in [-0.39, 0.29) is 0 Å². The predicted molar refractivity (Wildman–Crippen MR) is 44.6 cm³/mol. The zero-order chi connectivity index (χ0) is 7.52. The SMILES string of the molecule is C1CC(OC2CCCNC2)C1. The molecule has 1 atom stereocenters. The van der Waals surface area contributed by atoms with Crippen LogP contribution in [-0.2, 0) is 4.74 Å². The average molecular weight is 155 g/mol. The van der Waals surface area contributed by atoms with E-state index in [0.29, 0.717) is 12.2 Å². The topological polar surface area (TPSA) is 21.3 Å². The van der Waals surface area contributed by atoms with Gasteiger partial charge in [-0.1, -0.05) is 0 Å². The van der Waals surface area contributed by atoms with Crippen LogP contribution in [0.4, 0.5) is 0 Å². The molecule has 2 fully saturated rings. The highest BCUT2D eigenvalue weighted by Gasteiger charge is 2.23. The minimum Gasteiger partial charge on any atom is -0.374 e. The fourth-order valence-electron chi connectivity index (χ4n) is 1.72. The highest BCUT2D eigenvalue weighted by atomic mass is 16.5. The lowest BCUT2D eigenvalue weighted by molar-refractivity contribution is -0.0587. The van der Waals surface area contributed by atoms with E-state index in [1.165, 1.54) is 38.6 Å². The molecule has 0 aromatic rings. The van der Waals surface area contributed by atoms with Crippen LogP contribution >= 0.6 is 0 Å². The van der Waals surface area contributed by atoms with E-state index in [1.807, 2.05) is 0 Å². The van der Waals surface area contributed by atoms with Gasteiger partial charge in [0.2, 0.25) is 0 Å². The van der Waals surface area contributed by atoms with Gasteiger partial charge in [-0.25, -0.2) is 0 Å². The summed E-state index contributed by atoms with van der Waals surface area (Å²) in [5, 5.41) is 3.36. The molecule has 0 aromatic heterocycles. The Kier molecular flexibility index (Phi) is 2.44. The van der Waals surface area contributed by atoms with Gasteiger partial charge in [0.05, 0.1) is 12.2 Å². The largest absolute Gasteiger partial charge is 0.374 e. The average Bonchev–Trinajstić information content (AvgIpc) is 1.99. The Hall–Kier alpha value is -0.0800. The Morgan fingerprint density at radius 2 is 1.82 bits per heavy atom. The summed E-state index contributed by atoms with van der Waals surface area (Å²) in [5.74, 6) is 0. The fourth-order valence-corrected chi connectivity index (χ4v) is 1.72. The van der Waals surface area contributed by atoms with Gasteiger partial charge in [0.25, 0.3) is 0 Å². The van der Waals surface area contributed by atoms with Gasteiger partial charge in [0.1, 0.15) is 0 Å². The molecular weight excluding hydrogens is 138 g/mol. The van der Waals surface area contributed by atoms with Crippen LogP contribution in [0.1, 0.15) is 32.1 Å². The Labute approximate surface area is 68.3 Å². The van der Waals surface area contributed by atoms with Crippen LogP contribution in [0.3, 0.4) is 0 Å². The van der Waals surface area contributed by atoms with Crippen LogP contribution in [0.15, 0.2) is 0 Å². The molecule has 2 aliphatic rings. The van der Waals surface area contributed by atoms with Crippen molar-refractivity contribution in [3.63, 3.8) is 0 Å². The predicted octanol–water partition coefficient (Wildman–Crippen LogP) is 1.31. The van der Waals surface area contributed by atoms with Gasteiger partial charge in [-0.3, -0.25) is 0 Å². The van der Waals surface area contributed by atoms with E-state index in [2.05, 4.69) is 5.32 Å². The molecule has 0 radical (unpaired) electrons. The molecule has 1 unspecified atom stereocenters. The third-order valence-corrected chi connectivity index (χ3v) is 2.69. The van der Waals surface area contributed by atoms with Crippen molar-refractivity contribution in [2.75, 3.05) is 13.1 Å². The van der Waals surface area contributed by atoms with Crippen molar-refractivity contribution in [2.45, 2.75) is 44.3 Å². The Morgan fingerprint density at radius 3 is 2.36 bits per heavy atom. The number of nitrogens with one attached hydrogen (secondary N) is 1. The quantitative estimate of drug-likeness (QED) is 0.649. The maximum atomic E-state index is 5.86. The molecule has 11 heavy (non-hydrogen) atoms.